The van der Waals surface area contributed by atoms with Crippen molar-refractivity contribution in [2.75, 3.05) is 0 Å². The van der Waals surface area contributed by atoms with Crippen molar-refractivity contribution in [3.05, 3.63) is 34.3 Å². The van der Waals surface area contributed by atoms with Gasteiger partial charge in [-0.2, -0.15) is 0 Å². The minimum absolute atomic E-state index is 0.457. The summed E-state index contributed by atoms with van der Waals surface area (Å²) < 4.78 is 0. The summed E-state index contributed by atoms with van der Waals surface area (Å²) in [5.41, 5.74) is 1.45. The van der Waals surface area contributed by atoms with Crippen molar-refractivity contribution in [1.29, 1.82) is 0 Å². The smallest absolute Gasteiger partial charge is 0.309 e. The van der Waals surface area contributed by atoms with Gasteiger partial charge in [0.25, 0.3) is 0 Å². The normalized spacial score (nSPS) is 14.4. The summed E-state index contributed by atoms with van der Waals surface area (Å²) in [6.07, 6.45) is 0.198. The Bertz CT molecular complexity index is 404. The molecule has 0 bridgehead atoms. The Hall–Kier alpha value is -1.06. The van der Waals surface area contributed by atoms with Crippen LogP contribution in [0.15, 0.2) is 18.2 Å². The number of carboxylic acids is 1. The molecule has 2 atom stereocenters. The average Bonchev–Trinajstić information content (AvgIpc) is 2.24. The Balaban J connectivity index is 3.00. The summed E-state index contributed by atoms with van der Waals surface area (Å²) in [4.78, 5) is 11.1. The summed E-state index contributed by atoms with van der Waals surface area (Å²) in [5, 5.41) is 19.8. The predicted molar refractivity (Wildman–Crippen MR) is 67.2 cm³/mol. The average molecular weight is 257 g/mol. The summed E-state index contributed by atoms with van der Waals surface area (Å²) in [7, 11) is 0. The van der Waals surface area contributed by atoms with E-state index in [1.165, 1.54) is 0 Å². The minimum atomic E-state index is -0.982. The van der Waals surface area contributed by atoms with Crippen molar-refractivity contribution < 1.29 is 15.0 Å². The van der Waals surface area contributed by atoms with E-state index in [1.807, 2.05) is 13.8 Å². The number of hydrogen-bond acceptors (Lipinski definition) is 2. The number of halogens is 1. The molecule has 4 heteroatoms. The first-order valence-electron chi connectivity index (χ1n) is 5.64. The molecule has 1 rings (SSSR count). The highest BCUT2D eigenvalue weighted by Gasteiger charge is 2.27. The second-order valence-corrected chi connectivity index (χ2v) is 4.62. The van der Waals surface area contributed by atoms with Gasteiger partial charge < -0.3 is 10.2 Å². The number of carbonyl (C=O) groups is 1. The van der Waals surface area contributed by atoms with Crippen LogP contribution in [0.25, 0.3) is 0 Å². The molecule has 1 aromatic carbocycles. The molecule has 1 aromatic rings. The Morgan fingerprint density at radius 2 is 2.12 bits per heavy atom. The van der Waals surface area contributed by atoms with Gasteiger partial charge in [-0.3, -0.25) is 4.79 Å². The first kappa shape index (κ1) is 14.0. The molecule has 0 amide bonds. The van der Waals surface area contributed by atoms with Crippen molar-refractivity contribution in [2.45, 2.75) is 32.8 Å². The first-order chi connectivity index (χ1) is 7.97. The molecule has 0 aliphatic carbocycles. The molecular formula is C13H17ClO3. The van der Waals surface area contributed by atoms with Crippen molar-refractivity contribution in [1.82, 2.24) is 0 Å². The number of benzene rings is 1. The fourth-order valence-electron chi connectivity index (χ4n) is 1.92. The van der Waals surface area contributed by atoms with Crippen LogP contribution in [-0.4, -0.2) is 16.2 Å². The van der Waals surface area contributed by atoms with Crippen LogP contribution in [0.4, 0.5) is 0 Å². The zero-order valence-electron chi connectivity index (χ0n) is 9.98. The quantitative estimate of drug-likeness (QED) is 0.851. The number of aliphatic hydroxyl groups is 1. The number of rotatable bonds is 5. The zero-order valence-corrected chi connectivity index (χ0v) is 10.7. The lowest BCUT2D eigenvalue weighted by atomic mass is 9.90. The molecule has 0 spiro atoms. The van der Waals surface area contributed by atoms with Crippen molar-refractivity contribution >= 4 is 17.6 Å². The molecule has 0 aliphatic heterocycles. The highest BCUT2D eigenvalue weighted by molar-refractivity contribution is 6.30. The van der Waals surface area contributed by atoms with E-state index in [1.54, 1.807) is 18.2 Å². The van der Waals surface area contributed by atoms with E-state index in [0.717, 1.165) is 12.0 Å². The topological polar surface area (TPSA) is 57.5 Å². The van der Waals surface area contributed by atoms with E-state index in [0.29, 0.717) is 17.0 Å². The van der Waals surface area contributed by atoms with Crippen molar-refractivity contribution in [2.24, 2.45) is 5.92 Å². The molecule has 3 nitrogen and oxygen atoms in total. The molecule has 0 heterocycles. The lowest BCUT2D eigenvalue weighted by Gasteiger charge is -2.20. The van der Waals surface area contributed by atoms with Gasteiger partial charge in [0.15, 0.2) is 0 Å². The maximum atomic E-state index is 11.1. The predicted octanol–water partition coefficient (Wildman–Crippen LogP) is 3.18. The van der Waals surface area contributed by atoms with Gasteiger partial charge in [-0.25, -0.2) is 0 Å². The van der Waals surface area contributed by atoms with Gasteiger partial charge >= 0.3 is 5.97 Å². The van der Waals surface area contributed by atoms with Crippen molar-refractivity contribution in [3.63, 3.8) is 0 Å². The van der Waals surface area contributed by atoms with E-state index < -0.39 is 18.0 Å². The highest BCUT2D eigenvalue weighted by Crippen LogP contribution is 2.29. The van der Waals surface area contributed by atoms with Crippen LogP contribution < -0.4 is 0 Å². The van der Waals surface area contributed by atoms with Gasteiger partial charge in [-0.05, 0) is 36.6 Å². The van der Waals surface area contributed by atoms with Gasteiger partial charge in [0, 0.05) is 5.02 Å². The zero-order chi connectivity index (χ0) is 13.0. The van der Waals surface area contributed by atoms with E-state index in [-0.39, 0.29) is 0 Å². The third kappa shape index (κ3) is 3.45. The van der Waals surface area contributed by atoms with E-state index in [2.05, 4.69) is 0 Å². The van der Waals surface area contributed by atoms with Gasteiger partial charge in [-0.1, -0.05) is 31.0 Å². The summed E-state index contributed by atoms with van der Waals surface area (Å²) in [5.74, 6) is -1.73. The largest absolute Gasteiger partial charge is 0.481 e. The monoisotopic (exact) mass is 256 g/mol. The molecule has 2 unspecified atom stereocenters. The fraction of sp³-hybridized carbons (Fsp3) is 0.462. The van der Waals surface area contributed by atoms with Crippen LogP contribution in [-0.2, 0) is 4.79 Å². The van der Waals surface area contributed by atoms with Crippen LogP contribution in [0, 0.1) is 12.8 Å². The van der Waals surface area contributed by atoms with Crippen LogP contribution in [0.1, 0.15) is 37.0 Å². The van der Waals surface area contributed by atoms with Crippen LogP contribution >= 0.6 is 11.6 Å². The van der Waals surface area contributed by atoms with Gasteiger partial charge in [-0.15, -0.1) is 0 Å². The molecule has 0 aliphatic rings. The maximum absolute atomic E-state index is 11.1. The molecule has 94 valence electrons. The third-order valence-corrected chi connectivity index (χ3v) is 3.08. The van der Waals surface area contributed by atoms with Crippen molar-refractivity contribution in [3.8, 4) is 0 Å². The molecule has 0 saturated carbocycles. The van der Waals surface area contributed by atoms with E-state index in [4.69, 9.17) is 16.7 Å². The fourth-order valence-corrected chi connectivity index (χ4v) is 2.14. The standard InChI is InChI=1S/C13H17ClO3/c1-3-4-11(13(16)17)12(15)10-6-5-9(14)7-8(10)2/h5-7,11-12,15H,3-4H2,1-2H3,(H,16,17). The highest BCUT2D eigenvalue weighted by atomic mass is 35.5. The van der Waals surface area contributed by atoms with Crippen LogP contribution in [0.5, 0.6) is 0 Å². The Labute approximate surface area is 106 Å². The van der Waals surface area contributed by atoms with E-state index >= 15 is 0 Å². The SMILES string of the molecule is CCCC(C(=O)O)C(O)c1ccc(Cl)cc1C. The Morgan fingerprint density at radius 3 is 2.59 bits per heavy atom. The second kappa shape index (κ2) is 6.03. The lowest BCUT2D eigenvalue weighted by Crippen LogP contribution is -2.22. The van der Waals surface area contributed by atoms with E-state index in [9.17, 15) is 9.90 Å². The molecule has 0 saturated heterocycles. The summed E-state index contributed by atoms with van der Waals surface area (Å²) >= 11 is 5.83. The molecular weight excluding hydrogens is 240 g/mol. The Morgan fingerprint density at radius 1 is 1.47 bits per heavy atom. The molecule has 2 N–H and O–H groups in total. The molecule has 17 heavy (non-hydrogen) atoms. The number of aliphatic hydroxyl groups excluding tert-OH is 1. The lowest BCUT2D eigenvalue weighted by molar-refractivity contribution is -0.146. The van der Waals surface area contributed by atoms with Gasteiger partial charge in [0.05, 0.1) is 12.0 Å². The number of aliphatic carboxylic acids is 1. The molecule has 0 aromatic heterocycles. The number of aryl methyl sites for hydroxylation is 1. The maximum Gasteiger partial charge on any atom is 0.309 e. The minimum Gasteiger partial charge on any atom is -0.481 e. The third-order valence-electron chi connectivity index (χ3n) is 2.85. The first-order valence-corrected chi connectivity index (χ1v) is 6.02. The number of hydrogen-bond donors (Lipinski definition) is 2. The summed E-state index contributed by atoms with van der Waals surface area (Å²) in [6.45, 7) is 3.71. The van der Waals surface area contributed by atoms with Crippen LogP contribution in [0.3, 0.4) is 0 Å². The number of carboxylic acid groups (broad SMARTS) is 1. The van der Waals surface area contributed by atoms with Gasteiger partial charge in [0.1, 0.15) is 0 Å². The Kier molecular flexibility index (Phi) is 4.97. The second-order valence-electron chi connectivity index (χ2n) is 4.18. The molecule has 0 radical (unpaired) electrons. The van der Waals surface area contributed by atoms with Gasteiger partial charge in [0.2, 0.25) is 0 Å². The van der Waals surface area contributed by atoms with Crippen LogP contribution in [0.2, 0.25) is 5.02 Å². The summed E-state index contributed by atoms with van der Waals surface area (Å²) in [6, 6.07) is 5.08. The molecule has 0 fully saturated rings.